The SMILES string of the molecule is CC(C)(C)c1cc(CCl)cc(N(CC(F)(F)F)C2CC2)n1. The lowest BCUT2D eigenvalue weighted by atomic mass is 9.91. The van der Waals surface area contributed by atoms with Gasteiger partial charge in [0.05, 0.1) is 0 Å². The molecule has 0 aromatic carbocycles. The molecule has 1 heterocycles. The Balaban J connectivity index is 2.39. The summed E-state index contributed by atoms with van der Waals surface area (Å²) in [5, 5.41) is 0. The van der Waals surface area contributed by atoms with Crippen LogP contribution in [0.15, 0.2) is 12.1 Å². The van der Waals surface area contributed by atoms with Gasteiger partial charge in [-0.1, -0.05) is 20.8 Å². The average molecular weight is 321 g/mol. The first-order valence-corrected chi connectivity index (χ1v) is 7.54. The van der Waals surface area contributed by atoms with Gasteiger partial charge in [0.2, 0.25) is 0 Å². The Bertz CT molecular complexity index is 505. The number of aromatic nitrogens is 1. The lowest BCUT2D eigenvalue weighted by Gasteiger charge is -2.27. The monoisotopic (exact) mass is 320 g/mol. The molecular weight excluding hydrogens is 301 g/mol. The molecule has 0 bridgehead atoms. The zero-order valence-electron chi connectivity index (χ0n) is 12.5. The second-order valence-electron chi connectivity index (χ2n) is 6.58. The van der Waals surface area contributed by atoms with Crippen molar-refractivity contribution in [1.29, 1.82) is 0 Å². The van der Waals surface area contributed by atoms with Crippen molar-refractivity contribution in [3.05, 3.63) is 23.4 Å². The molecule has 0 N–H and O–H groups in total. The van der Waals surface area contributed by atoms with Crippen molar-refractivity contribution in [2.45, 2.75) is 57.1 Å². The Kier molecular flexibility index (Phi) is 4.43. The fourth-order valence-corrected chi connectivity index (χ4v) is 2.31. The molecule has 21 heavy (non-hydrogen) atoms. The van der Waals surface area contributed by atoms with Gasteiger partial charge in [-0.05, 0) is 30.5 Å². The molecule has 1 saturated carbocycles. The second-order valence-corrected chi connectivity index (χ2v) is 6.84. The lowest BCUT2D eigenvalue weighted by molar-refractivity contribution is -0.120. The van der Waals surface area contributed by atoms with E-state index in [9.17, 15) is 13.2 Å². The minimum absolute atomic E-state index is 0.0579. The largest absolute Gasteiger partial charge is 0.405 e. The van der Waals surface area contributed by atoms with Crippen LogP contribution in [0, 0.1) is 0 Å². The zero-order chi connectivity index (χ0) is 15.8. The summed E-state index contributed by atoms with van der Waals surface area (Å²) in [6, 6.07) is 3.49. The summed E-state index contributed by atoms with van der Waals surface area (Å²) in [4.78, 5) is 5.83. The minimum Gasteiger partial charge on any atom is -0.345 e. The molecule has 1 aromatic heterocycles. The standard InChI is InChI=1S/C15H20ClF3N2/c1-14(2,3)12-6-10(8-16)7-13(20-12)21(11-4-5-11)9-15(17,18)19/h6-7,11H,4-5,8-9H2,1-3H3. The molecule has 0 spiro atoms. The molecule has 2 rings (SSSR count). The Morgan fingerprint density at radius 2 is 1.86 bits per heavy atom. The average Bonchev–Trinajstić information content (AvgIpc) is 3.17. The predicted octanol–water partition coefficient (Wildman–Crippen LogP) is 4.65. The van der Waals surface area contributed by atoms with E-state index in [0.29, 0.717) is 5.82 Å². The third-order valence-electron chi connectivity index (χ3n) is 3.43. The lowest BCUT2D eigenvalue weighted by Crippen LogP contribution is -2.37. The molecule has 0 aliphatic heterocycles. The number of hydrogen-bond acceptors (Lipinski definition) is 2. The van der Waals surface area contributed by atoms with E-state index >= 15 is 0 Å². The van der Waals surface area contributed by atoms with E-state index in [1.165, 1.54) is 4.90 Å². The highest BCUT2D eigenvalue weighted by molar-refractivity contribution is 6.17. The first-order valence-electron chi connectivity index (χ1n) is 7.01. The van der Waals surface area contributed by atoms with Crippen LogP contribution in [0.2, 0.25) is 0 Å². The van der Waals surface area contributed by atoms with Gasteiger partial charge in [-0.25, -0.2) is 4.98 Å². The third kappa shape index (κ3) is 4.50. The Labute approximate surface area is 128 Å². The van der Waals surface area contributed by atoms with E-state index in [4.69, 9.17) is 11.6 Å². The summed E-state index contributed by atoms with van der Waals surface area (Å²) < 4.78 is 38.4. The van der Waals surface area contributed by atoms with Crippen molar-refractivity contribution in [3.8, 4) is 0 Å². The molecule has 2 nitrogen and oxygen atoms in total. The summed E-state index contributed by atoms with van der Waals surface area (Å²) in [5.74, 6) is 0.654. The van der Waals surface area contributed by atoms with Gasteiger partial charge in [-0.3, -0.25) is 0 Å². The van der Waals surface area contributed by atoms with Gasteiger partial charge in [0.1, 0.15) is 12.4 Å². The van der Waals surface area contributed by atoms with Crippen LogP contribution in [0.5, 0.6) is 0 Å². The maximum Gasteiger partial charge on any atom is 0.405 e. The van der Waals surface area contributed by atoms with Crippen molar-refractivity contribution >= 4 is 17.4 Å². The fourth-order valence-electron chi connectivity index (χ4n) is 2.16. The number of nitrogens with zero attached hydrogens (tertiary/aromatic N) is 2. The van der Waals surface area contributed by atoms with Gasteiger partial charge < -0.3 is 4.90 Å². The van der Waals surface area contributed by atoms with Crippen molar-refractivity contribution < 1.29 is 13.2 Å². The summed E-state index contributed by atoms with van der Waals surface area (Å²) in [6.07, 6.45) is -2.66. The summed E-state index contributed by atoms with van der Waals surface area (Å²) in [7, 11) is 0. The Morgan fingerprint density at radius 1 is 1.24 bits per heavy atom. The van der Waals surface area contributed by atoms with Crippen LogP contribution in [0.1, 0.15) is 44.9 Å². The highest BCUT2D eigenvalue weighted by Gasteiger charge is 2.39. The molecule has 0 radical (unpaired) electrons. The van der Waals surface area contributed by atoms with Crippen LogP contribution in [0.4, 0.5) is 19.0 Å². The quantitative estimate of drug-likeness (QED) is 0.751. The van der Waals surface area contributed by atoms with E-state index in [1.54, 1.807) is 6.07 Å². The maximum atomic E-state index is 12.8. The van der Waals surface area contributed by atoms with Gasteiger partial charge in [-0.2, -0.15) is 13.2 Å². The van der Waals surface area contributed by atoms with E-state index in [1.807, 2.05) is 26.8 Å². The van der Waals surface area contributed by atoms with Gasteiger partial charge in [-0.15, -0.1) is 11.6 Å². The molecule has 1 aliphatic carbocycles. The van der Waals surface area contributed by atoms with Gasteiger partial charge in [0.15, 0.2) is 0 Å². The molecule has 0 unspecified atom stereocenters. The molecule has 1 aromatic rings. The predicted molar refractivity (Wildman–Crippen MR) is 78.9 cm³/mol. The van der Waals surface area contributed by atoms with Crippen molar-refractivity contribution in [2.24, 2.45) is 0 Å². The molecule has 1 aliphatic rings. The molecule has 0 atom stereocenters. The van der Waals surface area contributed by atoms with E-state index < -0.39 is 12.7 Å². The highest BCUT2D eigenvalue weighted by atomic mass is 35.5. The molecule has 1 fully saturated rings. The second kappa shape index (κ2) is 5.67. The van der Waals surface area contributed by atoms with Crippen molar-refractivity contribution in [3.63, 3.8) is 0 Å². The Hall–Kier alpha value is -0.970. The number of rotatable bonds is 4. The van der Waals surface area contributed by atoms with Crippen LogP contribution in [-0.2, 0) is 11.3 Å². The number of anilines is 1. The van der Waals surface area contributed by atoms with Crippen LogP contribution in [-0.4, -0.2) is 23.7 Å². The van der Waals surface area contributed by atoms with Crippen molar-refractivity contribution in [2.75, 3.05) is 11.4 Å². The molecule has 118 valence electrons. The topological polar surface area (TPSA) is 16.1 Å². The highest BCUT2D eigenvalue weighted by Crippen LogP contribution is 2.35. The number of alkyl halides is 4. The maximum absolute atomic E-state index is 12.8. The molecule has 0 amide bonds. The van der Waals surface area contributed by atoms with Crippen LogP contribution in [0.25, 0.3) is 0 Å². The first-order chi connectivity index (χ1) is 9.60. The smallest absolute Gasteiger partial charge is 0.345 e. The zero-order valence-corrected chi connectivity index (χ0v) is 13.2. The summed E-state index contributed by atoms with van der Waals surface area (Å²) >= 11 is 5.89. The van der Waals surface area contributed by atoms with Crippen LogP contribution >= 0.6 is 11.6 Å². The van der Waals surface area contributed by atoms with E-state index in [-0.39, 0.29) is 17.3 Å². The van der Waals surface area contributed by atoms with Gasteiger partial charge in [0, 0.05) is 23.0 Å². The normalized spacial score (nSPS) is 16.1. The minimum atomic E-state index is -4.23. The molecule has 0 saturated heterocycles. The number of halogens is 4. The van der Waals surface area contributed by atoms with E-state index in [0.717, 1.165) is 24.1 Å². The summed E-state index contributed by atoms with van der Waals surface area (Å²) in [5.41, 5.74) is 1.34. The fraction of sp³-hybridized carbons (Fsp3) is 0.667. The van der Waals surface area contributed by atoms with Gasteiger partial charge in [0.25, 0.3) is 0 Å². The van der Waals surface area contributed by atoms with Gasteiger partial charge >= 0.3 is 6.18 Å². The third-order valence-corrected chi connectivity index (χ3v) is 3.73. The summed E-state index contributed by atoms with van der Waals surface area (Å²) in [6.45, 7) is 5.01. The van der Waals surface area contributed by atoms with E-state index in [2.05, 4.69) is 4.98 Å². The van der Waals surface area contributed by atoms with Crippen molar-refractivity contribution in [1.82, 2.24) is 4.98 Å². The van der Waals surface area contributed by atoms with Crippen LogP contribution < -0.4 is 4.90 Å². The molecule has 6 heteroatoms. The number of pyridine rings is 1. The Morgan fingerprint density at radius 3 is 2.29 bits per heavy atom. The first kappa shape index (κ1) is 16.4. The molecular formula is C15H20ClF3N2. The number of hydrogen-bond donors (Lipinski definition) is 0. The van der Waals surface area contributed by atoms with Crippen LogP contribution in [0.3, 0.4) is 0 Å².